The lowest BCUT2D eigenvalue weighted by Gasteiger charge is -2.49. The first-order valence-corrected chi connectivity index (χ1v) is 7.89. The summed E-state index contributed by atoms with van der Waals surface area (Å²) in [4.78, 5) is 14.8. The molecule has 1 fully saturated rings. The van der Waals surface area contributed by atoms with Crippen LogP contribution >= 0.6 is 0 Å². The molecule has 3 nitrogen and oxygen atoms in total. The number of ether oxygens (including phenoxy) is 1. The van der Waals surface area contributed by atoms with Gasteiger partial charge in [0.05, 0.1) is 6.61 Å². The van der Waals surface area contributed by atoms with Crippen molar-refractivity contribution in [3.05, 3.63) is 48.0 Å². The molecule has 1 aliphatic carbocycles. The molecule has 0 amide bonds. The van der Waals surface area contributed by atoms with Gasteiger partial charge >= 0.3 is 5.97 Å². The monoisotopic (exact) mass is 285 g/mol. The smallest absolute Gasteiger partial charge is 0.323 e. The Morgan fingerprint density at radius 2 is 2.05 bits per heavy atom. The number of carbonyl (C=O) groups excluding carboxylic acids is 1. The van der Waals surface area contributed by atoms with Gasteiger partial charge in [-0.3, -0.25) is 9.69 Å². The van der Waals surface area contributed by atoms with E-state index in [1.54, 1.807) is 0 Å². The SMILES string of the molecule is CCOC(=O)[C@@H]1[C@H]2C=C[C@H](CC2)N1C(C)c1ccccc1. The van der Waals surface area contributed by atoms with Gasteiger partial charge in [0.15, 0.2) is 0 Å². The number of fused-ring (bicyclic) bond motifs is 2. The van der Waals surface area contributed by atoms with Gasteiger partial charge in [0.1, 0.15) is 6.04 Å². The zero-order valence-corrected chi connectivity index (χ0v) is 12.7. The second-order valence-corrected chi connectivity index (χ2v) is 5.92. The zero-order chi connectivity index (χ0) is 14.8. The quantitative estimate of drug-likeness (QED) is 0.628. The number of esters is 1. The van der Waals surface area contributed by atoms with Crippen LogP contribution in [0.4, 0.5) is 0 Å². The van der Waals surface area contributed by atoms with Crippen molar-refractivity contribution in [2.45, 2.75) is 44.8 Å². The minimum atomic E-state index is -0.135. The Morgan fingerprint density at radius 3 is 2.67 bits per heavy atom. The van der Waals surface area contributed by atoms with Gasteiger partial charge in [0, 0.05) is 18.0 Å². The highest BCUT2D eigenvalue weighted by molar-refractivity contribution is 5.77. The first kappa shape index (κ1) is 14.3. The van der Waals surface area contributed by atoms with Crippen LogP contribution in [0.15, 0.2) is 42.5 Å². The van der Waals surface area contributed by atoms with Gasteiger partial charge in [0.25, 0.3) is 0 Å². The van der Waals surface area contributed by atoms with Crippen molar-refractivity contribution in [2.24, 2.45) is 5.92 Å². The summed E-state index contributed by atoms with van der Waals surface area (Å²) in [5.41, 5.74) is 1.26. The Morgan fingerprint density at radius 1 is 1.29 bits per heavy atom. The lowest BCUT2D eigenvalue weighted by molar-refractivity contribution is -0.156. The molecule has 0 aromatic heterocycles. The van der Waals surface area contributed by atoms with Gasteiger partial charge in [-0.15, -0.1) is 0 Å². The van der Waals surface area contributed by atoms with Gasteiger partial charge in [-0.2, -0.15) is 0 Å². The summed E-state index contributed by atoms with van der Waals surface area (Å²) in [5, 5.41) is 0. The average Bonchev–Trinajstić information content (AvgIpc) is 2.55. The van der Waals surface area contributed by atoms with E-state index in [-0.39, 0.29) is 18.1 Å². The van der Waals surface area contributed by atoms with E-state index < -0.39 is 0 Å². The Kier molecular flexibility index (Phi) is 4.11. The topological polar surface area (TPSA) is 29.5 Å². The maximum Gasteiger partial charge on any atom is 0.323 e. The molecule has 2 heterocycles. The molecule has 1 unspecified atom stereocenters. The van der Waals surface area contributed by atoms with Crippen molar-refractivity contribution in [2.75, 3.05) is 6.61 Å². The van der Waals surface area contributed by atoms with E-state index in [4.69, 9.17) is 4.74 Å². The van der Waals surface area contributed by atoms with E-state index in [1.165, 1.54) is 5.56 Å². The largest absolute Gasteiger partial charge is 0.465 e. The highest BCUT2D eigenvalue weighted by Gasteiger charge is 2.45. The Balaban J connectivity index is 1.90. The van der Waals surface area contributed by atoms with E-state index in [0.717, 1.165) is 12.8 Å². The summed E-state index contributed by atoms with van der Waals surface area (Å²) in [5.74, 6) is 0.222. The molecule has 1 aromatic carbocycles. The van der Waals surface area contributed by atoms with Gasteiger partial charge < -0.3 is 4.74 Å². The molecule has 21 heavy (non-hydrogen) atoms. The molecule has 2 bridgehead atoms. The maximum atomic E-state index is 12.4. The second-order valence-electron chi connectivity index (χ2n) is 5.92. The molecular weight excluding hydrogens is 262 g/mol. The molecule has 0 saturated carbocycles. The third-order valence-corrected chi connectivity index (χ3v) is 4.74. The average molecular weight is 285 g/mol. The first-order valence-electron chi connectivity index (χ1n) is 7.89. The highest BCUT2D eigenvalue weighted by Crippen LogP contribution is 2.40. The van der Waals surface area contributed by atoms with Gasteiger partial charge in [0.2, 0.25) is 0 Å². The Bertz CT molecular complexity index is 525. The summed E-state index contributed by atoms with van der Waals surface area (Å²) in [6.07, 6.45) is 6.70. The Labute approximate surface area is 126 Å². The summed E-state index contributed by atoms with van der Waals surface area (Å²) in [7, 11) is 0. The molecule has 2 aliphatic heterocycles. The van der Waals surface area contributed by atoms with Gasteiger partial charge in [-0.25, -0.2) is 0 Å². The molecule has 3 heteroatoms. The van der Waals surface area contributed by atoms with Crippen LogP contribution in [0, 0.1) is 5.92 Å². The molecule has 0 N–H and O–H groups in total. The zero-order valence-electron chi connectivity index (χ0n) is 12.7. The lowest BCUT2D eigenvalue weighted by atomic mass is 9.78. The molecule has 0 spiro atoms. The maximum absolute atomic E-state index is 12.4. The number of nitrogens with zero attached hydrogens (tertiary/aromatic N) is 1. The second kappa shape index (κ2) is 6.02. The summed E-state index contributed by atoms with van der Waals surface area (Å²) < 4.78 is 5.34. The molecule has 112 valence electrons. The summed E-state index contributed by atoms with van der Waals surface area (Å²) in [6.45, 7) is 4.51. The van der Waals surface area contributed by atoms with E-state index in [1.807, 2.05) is 13.0 Å². The summed E-state index contributed by atoms with van der Waals surface area (Å²) in [6, 6.07) is 10.9. The number of benzene rings is 1. The van der Waals surface area contributed by atoms with E-state index in [0.29, 0.717) is 18.6 Å². The fraction of sp³-hybridized carbons (Fsp3) is 0.500. The molecule has 1 aromatic rings. The standard InChI is InChI=1S/C18H23NO2/c1-3-21-18(20)17-15-9-11-16(12-10-15)19(17)13(2)14-7-5-4-6-8-14/h4-9,11,13,15-17H,3,10,12H2,1-2H3/t13?,15-,16+,17-/m0/s1. The van der Waals surface area contributed by atoms with Crippen LogP contribution in [-0.4, -0.2) is 29.6 Å². The van der Waals surface area contributed by atoms with Crippen LogP contribution in [0.1, 0.15) is 38.3 Å². The predicted molar refractivity (Wildman–Crippen MR) is 82.8 cm³/mol. The van der Waals surface area contributed by atoms with Crippen molar-refractivity contribution >= 4 is 5.97 Å². The normalized spacial score (nSPS) is 29.3. The Hall–Kier alpha value is -1.61. The van der Waals surface area contributed by atoms with Crippen molar-refractivity contribution in [1.82, 2.24) is 4.90 Å². The first-order chi connectivity index (χ1) is 10.2. The van der Waals surface area contributed by atoms with Crippen LogP contribution < -0.4 is 0 Å². The molecule has 1 saturated heterocycles. The van der Waals surface area contributed by atoms with E-state index in [9.17, 15) is 4.79 Å². The lowest BCUT2D eigenvalue weighted by Crippen LogP contribution is -2.57. The van der Waals surface area contributed by atoms with E-state index in [2.05, 4.69) is 48.2 Å². The van der Waals surface area contributed by atoms with Crippen LogP contribution in [0.2, 0.25) is 0 Å². The predicted octanol–water partition coefficient (Wildman–Crippen LogP) is 3.33. The minimum absolute atomic E-state index is 0.0701. The van der Waals surface area contributed by atoms with Crippen molar-refractivity contribution in [1.29, 1.82) is 0 Å². The number of piperidine rings is 1. The summed E-state index contributed by atoms with van der Waals surface area (Å²) >= 11 is 0. The van der Waals surface area contributed by atoms with Crippen LogP contribution in [-0.2, 0) is 9.53 Å². The van der Waals surface area contributed by atoms with E-state index >= 15 is 0 Å². The van der Waals surface area contributed by atoms with Gasteiger partial charge in [-0.05, 0) is 32.3 Å². The molecule has 0 radical (unpaired) electrons. The fourth-order valence-electron chi connectivity index (χ4n) is 3.72. The number of carbonyl (C=O) groups is 1. The third kappa shape index (κ3) is 2.62. The molecule has 4 atom stereocenters. The molecular formula is C18H23NO2. The number of hydrogen-bond donors (Lipinski definition) is 0. The van der Waals surface area contributed by atoms with Crippen molar-refractivity contribution in [3.8, 4) is 0 Å². The van der Waals surface area contributed by atoms with Crippen LogP contribution in [0.25, 0.3) is 0 Å². The molecule has 4 rings (SSSR count). The van der Waals surface area contributed by atoms with Gasteiger partial charge in [-0.1, -0.05) is 42.5 Å². The molecule has 3 aliphatic rings. The fourth-order valence-corrected chi connectivity index (χ4v) is 3.72. The van der Waals surface area contributed by atoms with Crippen molar-refractivity contribution < 1.29 is 9.53 Å². The van der Waals surface area contributed by atoms with Crippen LogP contribution in [0.5, 0.6) is 0 Å². The number of rotatable bonds is 4. The highest BCUT2D eigenvalue weighted by atomic mass is 16.5. The third-order valence-electron chi connectivity index (χ3n) is 4.74. The van der Waals surface area contributed by atoms with Crippen molar-refractivity contribution in [3.63, 3.8) is 0 Å². The number of hydrogen-bond acceptors (Lipinski definition) is 3. The minimum Gasteiger partial charge on any atom is -0.465 e. The van der Waals surface area contributed by atoms with Crippen LogP contribution in [0.3, 0.4) is 0 Å².